The normalized spacial score (nSPS) is 10.1. The number of benzene rings is 3. The maximum Gasteiger partial charge on any atom is 0.230 e. The molecule has 0 radical (unpaired) electrons. The van der Waals surface area contributed by atoms with E-state index >= 15 is 0 Å². The van der Waals surface area contributed by atoms with Gasteiger partial charge in [0.2, 0.25) is 11.8 Å². The maximum absolute atomic E-state index is 13.0. The number of aromatic nitrogens is 2. The van der Waals surface area contributed by atoms with Crippen LogP contribution in [0, 0.1) is 11.3 Å². The molecule has 1 N–H and O–H groups in total. The Morgan fingerprint density at radius 1 is 1.00 bits per heavy atom. The lowest BCUT2D eigenvalue weighted by molar-refractivity contribution is 0.103. The van der Waals surface area contributed by atoms with Crippen LogP contribution in [0.25, 0.3) is 0 Å². The van der Waals surface area contributed by atoms with Gasteiger partial charge in [0.1, 0.15) is 11.5 Å². The van der Waals surface area contributed by atoms with Crippen molar-refractivity contribution in [2.45, 2.75) is 0 Å². The van der Waals surface area contributed by atoms with Crippen LogP contribution in [0.15, 0.2) is 85.1 Å². The minimum Gasteiger partial charge on any atom is -0.497 e. The number of methoxy groups -OCH3 is 1. The number of hydrogen-bond donors (Lipinski definition) is 1. The molecule has 1 aromatic heterocycles. The van der Waals surface area contributed by atoms with Crippen molar-refractivity contribution in [2.24, 2.45) is 0 Å². The molecule has 4 aromatic rings. The first kappa shape index (κ1) is 20.6. The molecule has 0 aliphatic carbocycles. The van der Waals surface area contributed by atoms with E-state index in [0.29, 0.717) is 34.1 Å². The number of hydrogen-bond acceptors (Lipinski definition) is 7. The van der Waals surface area contributed by atoms with Crippen molar-refractivity contribution < 1.29 is 14.3 Å². The highest BCUT2D eigenvalue weighted by atomic mass is 16.5. The van der Waals surface area contributed by atoms with Crippen LogP contribution < -0.4 is 14.8 Å². The molecular formula is C25H18N4O3. The first-order chi connectivity index (χ1) is 15.7. The van der Waals surface area contributed by atoms with Crippen LogP contribution in [0.2, 0.25) is 0 Å². The smallest absolute Gasteiger partial charge is 0.230 e. The summed E-state index contributed by atoms with van der Waals surface area (Å²) in [6.45, 7) is 0. The van der Waals surface area contributed by atoms with Crippen LogP contribution in [-0.2, 0) is 0 Å². The Kier molecular flexibility index (Phi) is 6.05. The highest BCUT2D eigenvalue weighted by Crippen LogP contribution is 2.31. The van der Waals surface area contributed by atoms with Crippen LogP contribution in [-0.4, -0.2) is 22.9 Å². The summed E-state index contributed by atoms with van der Waals surface area (Å²) in [5.74, 6) is 1.27. The summed E-state index contributed by atoms with van der Waals surface area (Å²) in [6.07, 6.45) is 1.55. The quantitative estimate of drug-likeness (QED) is 0.413. The monoisotopic (exact) mass is 422 g/mol. The molecular weight excluding hydrogens is 404 g/mol. The average molecular weight is 422 g/mol. The Balaban J connectivity index is 1.61. The molecule has 0 amide bonds. The van der Waals surface area contributed by atoms with Gasteiger partial charge < -0.3 is 14.8 Å². The molecule has 0 aliphatic heterocycles. The van der Waals surface area contributed by atoms with E-state index in [1.807, 2.05) is 18.2 Å². The number of carbonyl (C=O) groups excluding carboxylic acids is 1. The molecule has 32 heavy (non-hydrogen) atoms. The Morgan fingerprint density at radius 3 is 2.50 bits per heavy atom. The third kappa shape index (κ3) is 4.71. The van der Waals surface area contributed by atoms with Gasteiger partial charge >= 0.3 is 0 Å². The van der Waals surface area contributed by atoms with E-state index in [0.717, 1.165) is 5.69 Å². The molecule has 3 aromatic carbocycles. The minimum absolute atomic E-state index is 0.173. The number of rotatable bonds is 7. The molecule has 0 fully saturated rings. The summed E-state index contributed by atoms with van der Waals surface area (Å²) >= 11 is 0. The van der Waals surface area contributed by atoms with E-state index in [2.05, 4.69) is 21.4 Å². The molecule has 7 heteroatoms. The van der Waals surface area contributed by atoms with E-state index in [9.17, 15) is 4.79 Å². The molecule has 0 atom stereocenters. The second-order valence-electron chi connectivity index (χ2n) is 6.69. The zero-order chi connectivity index (χ0) is 22.3. The lowest BCUT2D eigenvalue weighted by Crippen LogP contribution is -2.05. The molecule has 4 rings (SSSR count). The van der Waals surface area contributed by atoms with Crippen molar-refractivity contribution in [1.82, 2.24) is 9.97 Å². The molecule has 0 bridgehead atoms. The molecule has 0 saturated carbocycles. The second-order valence-corrected chi connectivity index (χ2v) is 6.69. The summed E-state index contributed by atoms with van der Waals surface area (Å²) in [5, 5.41) is 12.0. The Morgan fingerprint density at radius 2 is 1.78 bits per heavy atom. The van der Waals surface area contributed by atoms with E-state index in [-0.39, 0.29) is 11.7 Å². The van der Waals surface area contributed by atoms with Gasteiger partial charge in [-0.3, -0.25) is 4.79 Å². The molecule has 156 valence electrons. The molecule has 0 saturated heterocycles. The minimum atomic E-state index is -0.173. The fraction of sp³-hybridized carbons (Fsp3) is 0.0400. The largest absolute Gasteiger partial charge is 0.497 e. The van der Waals surface area contributed by atoms with Gasteiger partial charge in [-0.1, -0.05) is 30.3 Å². The van der Waals surface area contributed by atoms with Crippen molar-refractivity contribution in [1.29, 1.82) is 5.26 Å². The highest BCUT2D eigenvalue weighted by molar-refractivity contribution is 6.10. The van der Waals surface area contributed by atoms with Crippen molar-refractivity contribution in [3.05, 3.63) is 102 Å². The maximum atomic E-state index is 13.0. The topological polar surface area (TPSA) is 97.1 Å². The molecule has 0 spiro atoms. The van der Waals surface area contributed by atoms with Crippen LogP contribution in [0.1, 0.15) is 21.5 Å². The van der Waals surface area contributed by atoms with E-state index in [1.165, 1.54) is 0 Å². The van der Waals surface area contributed by atoms with Crippen LogP contribution in [0.3, 0.4) is 0 Å². The number of nitriles is 1. The Labute approximate surface area is 184 Å². The fourth-order valence-corrected chi connectivity index (χ4v) is 2.98. The first-order valence-corrected chi connectivity index (χ1v) is 9.72. The number of nitrogens with zero attached hydrogens (tertiary/aromatic N) is 3. The van der Waals surface area contributed by atoms with Crippen molar-refractivity contribution >= 4 is 17.4 Å². The molecule has 0 aliphatic rings. The number of anilines is 2. The predicted molar refractivity (Wildman–Crippen MR) is 119 cm³/mol. The van der Waals surface area contributed by atoms with E-state index in [1.54, 1.807) is 74.0 Å². The lowest BCUT2D eigenvalue weighted by Gasteiger charge is -2.12. The van der Waals surface area contributed by atoms with Gasteiger partial charge in [-0.05, 0) is 36.4 Å². The number of carbonyl (C=O) groups is 1. The van der Waals surface area contributed by atoms with Crippen molar-refractivity contribution in [2.75, 3.05) is 12.4 Å². The Bertz CT molecular complexity index is 1280. The fourth-order valence-electron chi connectivity index (χ4n) is 2.98. The van der Waals surface area contributed by atoms with Crippen LogP contribution in [0.5, 0.6) is 17.4 Å². The van der Waals surface area contributed by atoms with Gasteiger partial charge in [0, 0.05) is 29.6 Å². The summed E-state index contributed by atoms with van der Waals surface area (Å²) in [5.41, 5.74) is 2.22. The van der Waals surface area contributed by atoms with Gasteiger partial charge in [0.15, 0.2) is 5.78 Å². The third-order valence-corrected chi connectivity index (χ3v) is 4.58. The average Bonchev–Trinajstić information content (AvgIpc) is 2.85. The summed E-state index contributed by atoms with van der Waals surface area (Å²) in [7, 11) is 1.54. The summed E-state index contributed by atoms with van der Waals surface area (Å²) < 4.78 is 11.3. The van der Waals surface area contributed by atoms with Gasteiger partial charge in [-0.2, -0.15) is 10.2 Å². The zero-order valence-corrected chi connectivity index (χ0v) is 17.1. The number of nitrogens with one attached hydrogen (secondary N) is 1. The van der Waals surface area contributed by atoms with Gasteiger partial charge in [0.05, 0.1) is 24.3 Å². The van der Waals surface area contributed by atoms with E-state index in [4.69, 9.17) is 14.7 Å². The first-order valence-electron chi connectivity index (χ1n) is 9.72. The molecule has 7 nitrogen and oxygen atoms in total. The number of ether oxygens (including phenoxy) is 2. The summed E-state index contributed by atoms with van der Waals surface area (Å²) in [6, 6.07) is 24.6. The predicted octanol–water partition coefficient (Wildman–Crippen LogP) is 5.12. The lowest BCUT2D eigenvalue weighted by atomic mass is 10.0. The van der Waals surface area contributed by atoms with Gasteiger partial charge in [-0.25, -0.2) is 4.98 Å². The number of ketones is 1. The SMILES string of the molecule is COc1ccc(C(=O)c2ccccc2)c(Oc2ccnc(Nc3ccc(C#N)cc3)n2)c1. The van der Waals surface area contributed by atoms with E-state index < -0.39 is 0 Å². The summed E-state index contributed by atoms with van der Waals surface area (Å²) in [4.78, 5) is 21.6. The highest BCUT2D eigenvalue weighted by Gasteiger charge is 2.17. The van der Waals surface area contributed by atoms with Crippen LogP contribution >= 0.6 is 0 Å². The standard InChI is InChI=1S/C25H18N4O3/c1-31-20-11-12-21(24(30)18-5-3-2-4-6-18)22(15-20)32-23-13-14-27-25(29-23)28-19-9-7-17(16-26)8-10-19/h2-15H,1H3,(H,27,28,29). The van der Waals surface area contributed by atoms with Gasteiger partial charge in [0.25, 0.3) is 0 Å². The molecule has 0 unspecified atom stereocenters. The zero-order valence-electron chi connectivity index (χ0n) is 17.1. The van der Waals surface area contributed by atoms with Crippen molar-refractivity contribution in [3.8, 4) is 23.4 Å². The second kappa shape index (κ2) is 9.41. The van der Waals surface area contributed by atoms with Gasteiger partial charge in [-0.15, -0.1) is 0 Å². The molecule has 1 heterocycles. The van der Waals surface area contributed by atoms with Crippen molar-refractivity contribution in [3.63, 3.8) is 0 Å². The third-order valence-electron chi connectivity index (χ3n) is 4.58. The van der Waals surface area contributed by atoms with Crippen LogP contribution in [0.4, 0.5) is 11.6 Å². The Hall–Kier alpha value is -4.70.